The fraction of sp³-hybridized carbons (Fsp3) is 0.0938. The molecule has 7 aromatic rings. The van der Waals surface area contributed by atoms with E-state index in [1.54, 1.807) is 35.4 Å². The summed E-state index contributed by atoms with van der Waals surface area (Å²) in [6, 6.07) is 18.7. The number of nitrogens with two attached hydrogens (primary N) is 1. The van der Waals surface area contributed by atoms with Crippen LogP contribution >= 0.6 is 0 Å². The lowest BCUT2D eigenvalue weighted by atomic mass is 10.0. The van der Waals surface area contributed by atoms with Crippen LogP contribution in [0.4, 0.5) is 5.82 Å². The number of nitrogen functional groups attached to an aromatic ring is 1. The van der Waals surface area contributed by atoms with Gasteiger partial charge in [-0.15, -0.1) is 0 Å². The summed E-state index contributed by atoms with van der Waals surface area (Å²) in [5, 5.41) is 15.0. The number of hydrogen-bond donors (Lipinski definition) is 3. The Labute approximate surface area is 249 Å². The lowest BCUT2D eigenvalue weighted by molar-refractivity contribution is 0.0937. The van der Waals surface area contributed by atoms with Crippen LogP contribution in [-0.4, -0.2) is 51.7 Å². The van der Waals surface area contributed by atoms with Gasteiger partial charge in [0.2, 0.25) is 0 Å². The molecular formula is C32H24N10O2. The molecule has 0 saturated carbocycles. The summed E-state index contributed by atoms with van der Waals surface area (Å²) in [7, 11) is 0. The maximum absolute atomic E-state index is 13.3. The van der Waals surface area contributed by atoms with Crippen molar-refractivity contribution in [3.8, 4) is 22.9 Å². The number of aryl methyl sites for hydroxylation is 1. The van der Waals surface area contributed by atoms with Gasteiger partial charge in [0.1, 0.15) is 11.3 Å². The van der Waals surface area contributed by atoms with Crippen LogP contribution in [0.2, 0.25) is 0 Å². The summed E-state index contributed by atoms with van der Waals surface area (Å²) in [4.78, 5) is 39.1. The smallest absolute Gasteiger partial charge is 0.251 e. The first-order chi connectivity index (χ1) is 21.6. The fourth-order valence-electron chi connectivity index (χ4n) is 5.95. The Bertz CT molecular complexity index is 2230. The first-order valence-corrected chi connectivity index (χ1v) is 14.0. The number of rotatable bonds is 6. The lowest BCUT2D eigenvalue weighted by Gasteiger charge is -2.16. The maximum atomic E-state index is 13.3. The molecule has 1 aliphatic rings. The Morgan fingerprint density at radius 1 is 1.07 bits per heavy atom. The van der Waals surface area contributed by atoms with Crippen molar-refractivity contribution in [1.29, 1.82) is 0 Å². The van der Waals surface area contributed by atoms with Crippen LogP contribution in [0.3, 0.4) is 0 Å². The highest BCUT2D eigenvalue weighted by Crippen LogP contribution is 2.36. The van der Waals surface area contributed by atoms with E-state index in [1.165, 1.54) is 0 Å². The second-order valence-corrected chi connectivity index (χ2v) is 10.6. The van der Waals surface area contributed by atoms with Gasteiger partial charge in [0.25, 0.3) is 5.91 Å². The highest BCUT2D eigenvalue weighted by Gasteiger charge is 2.27. The normalized spacial score (nSPS) is 14.2. The quantitative estimate of drug-likeness (QED) is 0.244. The van der Waals surface area contributed by atoms with E-state index in [2.05, 4.69) is 31.7 Å². The second kappa shape index (κ2) is 9.98. The number of aromatic nitrogens is 8. The third-order valence-corrected chi connectivity index (χ3v) is 8.04. The van der Waals surface area contributed by atoms with Crippen molar-refractivity contribution in [3.63, 3.8) is 0 Å². The highest BCUT2D eigenvalue weighted by atomic mass is 16.1. The van der Waals surface area contributed by atoms with Gasteiger partial charge in [-0.1, -0.05) is 6.07 Å². The number of imidazole rings is 1. The van der Waals surface area contributed by atoms with Crippen LogP contribution in [0, 0.1) is 0 Å². The fourth-order valence-corrected chi connectivity index (χ4v) is 5.95. The van der Waals surface area contributed by atoms with Gasteiger partial charge in [-0.3, -0.25) is 19.3 Å². The van der Waals surface area contributed by atoms with Crippen LogP contribution in [-0.2, 0) is 6.42 Å². The number of nitrogens with zero attached hydrogens (tertiary/aromatic N) is 7. The Morgan fingerprint density at radius 3 is 2.84 bits per heavy atom. The Morgan fingerprint density at radius 2 is 2.00 bits per heavy atom. The zero-order valence-electron chi connectivity index (χ0n) is 23.2. The first kappa shape index (κ1) is 25.5. The molecule has 214 valence electrons. The largest absolute Gasteiger partial charge is 0.383 e. The molecule has 0 fully saturated rings. The molecule has 0 saturated heterocycles. The van der Waals surface area contributed by atoms with E-state index in [0.29, 0.717) is 56.2 Å². The minimum Gasteiger partial charge on any atom is -0.383 e. The minimum absolute atomic E-state index is 0.177. The molecule has 0 bridgehead atoms. The highest BCUT2D eigenvalue weighted by molar-refractivity contribution is 6.03. The third-order valence-electron chi connectivity index (χ3n) is 8.04. The molecule has 8 rings (SSSR count). The number of carbonyl (C=O) groups excluding carboxylic acids is 2. The van der Waals surface area contributed by atoms with Gasteiger partial charge >= 0.3 is 0 Å². The average molecular weight is 581 g/mol. The molecular weight excluding hydrogens is 556 g/mol. The zero-order chi connectivity index (χ0) is 29.8. The lowest BCUT2D eigenvalue weighted by Crippen LogP contribution is -2.27. The van der Waals surface area contributed by atoms with Crippen molar-refractivity contribution < 1.29 is 9.59 Å². The topological polar surface area (TPSA) is 162 Å². The van der Waals surface area contributed by atoms with Gasteiger partial charge in [-0.25, -0.2) is 19.6 Å². The van der Waals surface area contributed by atoms with Gasteiger partial charge in [0.15, 0.2) is 23.6 Å². The molecule has 4 N–H and O–H groups in total. The zero-order valence-corrected chi connectivity index (χ0v) is 23.2. The van der Waals surface area contributed by atoms with Crippen molar-refractivity contribution >= 4 is 40.1 Å². The molecule has 1 aliphatic carbocycles. The molecule has 0 spiro atoms. The molecule has 12 heteroatoms. The van der Waals surface area contributed by atoms with E-state index < -0.39 is 0 Å². The van der Waals surface area contributed by atoms with Crippen molar-refractivity contribution in [3.05, 3.63) is 108 Å². The molecule has 5 heterocycles. The van der Waals surface area contributed by atoms with E-state index in [0.717, 1.165) is 35.9 Å². The van der Waals surface area contributed by atoms with Crippen molar-refractivity contribution in [2.75, 3.05) is 5.73 Å². The molecule has 1 amide bonds. The average Bonchev–Trinajstić information content (AvgIpc) is 3.86. The number of benzene rings is 2. The predicted octanol–water partition coefficient (Wildman–Crippen LogP) is 4.36. The number of pyridine rings is 2. The molecule has 0 radical (unpaired) electrons. The molecule has 0 aliphatic heterocycles. The monoisotopic (exact) mass is 580 g/mol. The predicted molar refractivity (Wildman–Crippen MR) is 164 cm³/mol. The second-order valence-electron chi connectivity index (χ2n) is 10.6. The van der Waals surface area contributed by atoms with Crippen molar-refractivity contribution in [2.24, 2.45) is 0 Å². The van der Waals surface area contributed by atoms with E-state index in [4.69, 9.17) is 15.7 Å². The Hall–Kier alpha value is -6.17. The van der Waals surface area contributed by atoms with Crippen LogP contribution < -0.4 is 11.1 Å². The van der Waals surface area contributed by atoms with E-state index in [-0.39, 0.29) is 11.9 Å². The van der Waals surface area contributed by atoms with Crippen LogP contribution in [0.1, 0.15) is 44.3 Å². The number of fused-ring (bicyclic) bond motifs is 3. The molecule has 5 aromatic heterocycles. The van der Waals surface area contributed by atoms with Gasteiger partial charge in [0.05, 0.1) is 23.3 Å². The first-order valence-electron chi connectivity index (χ1n) is 14.0. The van der Waals surface area contributed by atoms with Gasteiger partial charge in [-0.2, -0.15) is 10.2 Å². The summed E-state index contributed by atoms with van der Waals surface area (Å²) in [6.07, 6.45) is 9.04. The van der Waals surface area contributed by atoms with E-state index in [1.807, 2.05) is 53.2 Å². The van der Waals surface area contributed by atoms with E-state index >= 15 is 0 Å². The number of aldehydes is 1. The summed E-state index contributed by atoms with van der Waals surface area (Å²) in [6.45, 7) is 0. The number of amides is 1. The Balaban J connectivity index is 1.18. The van der Waals surface area contributed by atoms with Gasteiger partial charge in [-0.05, 0) is 78.6 Å². The number of anilines is 1. The summed E-state index contributed by atoms with van der Waals surface area (Å²) in [5.41, 5.74) is 12.8. The standard InChI is InChI=1S/C32H24N10O2/c33-29-24(3-1-10-34-29)30-37-26-8-9-27(41-12-2-11-36-41)39-31(26)42(30)22-5-6-23-18(15-22)4-7-25(23)38-32(44)19-13-20-16-35-40-28(20)21(14-19)17-43/h1-3,5-6,8-17,25H,4,7H2,(H2,33,34)(H,35,40)(H,38,44)/t25-/m0/s1. The SMILES string of the molecule is Nc1ncccc1-c1nc2ccc(-n3cccn3)nc2n1-c1ccc2c(c1)CC[C@@H]2NC(=O)c1cc(C=O)c2[nH]ncc2c1. The van der Waals surface area contributed by atoms with Gasteiger partial charge in [0, 0.05) is 40.8 Å². The van der Waals surface area contributed by atoms with Crippen LogP contribution in [0.5, 0.6) is 0 Å². The number of aromatic amines is 1. The number of hydrogen-bond acceptors (Lipinski definition) is 8. The van der Waals surface area contributed by atoms with Crippen molar-refractivity contribution in [1.82, 2.24) is 44.8 Å². The summed E-state index contributed by atoms with van der Waals surface area (Å²) < 4.78 is 3.69. The summed E-state index contributed by atoms with van der Waals surface area (Å²) >= 11 is 0. The molecule has 44 heavy (non-hydrogen) atoms. The molecule has 2 aromatic carbocycles. The van der Waals surface area contributed by atoms with Crippen LogP contribution in [0.25, 0.3) is 45.0 Å². The summed E-state index contributed by atoms with van der Waals surface area (Å²) in [5.74, 6) is 1.40. The Kier molecular flexibility index (Phi) is 5.79. The number of nitrogens with one attached hydrogen (secondary N) is 2. The number of carbonyl (C=O) groups is 2. The number of H-pyrrole nitrogens is 1. The minimum atomic E-state index is -0.247. The molecule has 0 unspecified atom stereocenters. The van der Waals surface area contributed by atoms with Gasteiger partial charge < -0.3 is 11.1 Å². The van der Waals surface area contributed by atoms with E-state index in [9.17, 15) is 9.59 Å². The van der Waals surface area contributed by atoms with Crippen molar-refractivity contribution in [2.45, 2.75) is 18.9 Å². The maximum Gasteiger partial charge on any atom is 0.251 e. The molecule has 12 nitrogen and oxygen atoms in total. The van der Waals surface area contributed by atoms with Crippen LogP contribution in [0.15, 0.2) is 85.5 Å². The third kappa shape index (κ3) is 4.11. The molecule has 1 atom stereocenters.